The fourth-order valence-electron chi connectivity index (χ4n) is 5.65. The van der Waals surface area contributed by atoms with Gasteiger partial charge in [-0.2, -0.15) is 0 Å². The largest absolute Gasteiger partial charge is 0.339 e. The number of pyridine rings is 1. The van der Waals surface area contributed by atoms with Crippen molar-refractivity contribution in [2.45, 2.75) is 50.0 Å². The average molecular weight is 485 g/mol. The molecule has 2 atom stereocenters. The number of carbonyl (C=O) groups is 2. The molecule has 2 amide bonds. The molecule has 176 valence electrons. The number of hydrogen-bond acceptors (Lipinski definition) is 6. The second-order valence-electron chi connectivity index (χ2n) is 9.40. The predicted molar refractivity (Wildman–Crippen MR) is 120 cm³/mol. The molecule has 0 N–H and O–H groups in total. The Morgan fingerprint density at radius 2 is 1.85 bits per heavy atom. The van der Waals surface area contributed by atoms with Crippen LogP contribution < -0.4 is 0 Å². The number of nitrogens with zero attached hydrogens (tertiary/aromatic N) is 4. The van der Waals surface area contributed by atoms with Crippen molar-refractivity contribution in [2.75, 3.05) is 13.1 Å². The lowest BCUT2D eigenvalue weighted by molar-refractivity contribution is -0.148. The van der Waals surface area contributed by atoms with E-state index in [1.807, 2.05) is 6.92 Å². The zero-order valence-electron chi connectivity index (χ0n) is 18.5. The Balaban J connectivity index is 1.21. The van der Waals surface area contributed by atoms with Crippen LogP contribution in [0.3, 0.4) is 0 Å². The van der Waals surface area contributed by atoms with Gasteiger partial charge in [-0.15, -0.1) is 11.3 Å². The highest BCUT2D eigenvalue weighted by Crippen LogP contribution is 2.53. The van der Waals surface area contributed by atoms with Gasteiger partial charge in [-0.3, -0.25) is 9.59 Å². The van der Waals surface area contributed by atoms with E-state index < -0.39 is 29.0 Å². The Morgan fingerprint density at radius 1 is 1.12 bits per heavy atom. The quantitative estimate of drug-likeness (QED) is 0.549. The first kappa shape index (κ1) is 21.5. The summed E-state index contributed by atoms with van der Waals surface area (Å²) in [6.45, 7) is 2.59. The molecule has 0 aliphatic carbocycles. The number of likely N-dealkylation sites (tertiary alicyclic amines) is 1. The van der Waals surface area contributed by atoms with Crippen molar-refractivity contribution in [1.82, 2.24) is 19.8 Å². The van der Waals surface area contributed by atoms with Crippen molar-refractivity contribution in [3.63, 3.8) is 0 Å². The topological polar surface area (TPSA) is 75.6 Å². The van der Waals surface area contributed by atoms with Gasteiger partial charge in [0.25, 0.3) is 11.8 Å². The molecule has 0 bridgehead atoms. The molecular weight excluding hydrogens is 462 g/mol. The average Bonchev–Trinajstić information content (AvgIpc) is 3.46. The summed E-state index contributed by atoms with van der Waals surface area (Å²) >= 11 is 1.42. The van der Waals surface area contributed by atoms with E-state index in [9.17, 15) is 18.4 Å². The lowest BCUT2D eigenvalue weighted by Gasteiger charge is -2.38. The van der Waals surface area contributed by atoms with E-state index in [1.165, 1.54) is 23.5 Å². The number of halogens is 2. The molecule has 0 unspecified atom stereocenters. The van der Waals surface area contributed by atoms with Crippen LogP contribution in [0.4, 0.5) is 8.78 Å². The lowest BCUT2D eigenvalue weighted by Crippen LogP contribution is -2.51. The minimum atomic E-state index is -1.03. The Kier molecular flexibility index (Phi) is 4.76. The minimum Gasteiger partial charge on any atom is -0.339 e. The van der Waals surface area contributed by atoms with Gasteiger partial charge < -0.3 is 14.5 Å². The standard InChI is InChI=1S/C24H22F2N4O3S/c1-23-3-2-19(14-8-16(25)11-17(26)9-14)30(23)22(32)24(33-23)4-6-29(7-5-24)21(31)15-10-18-20(27-12-15)34-13-28-18/h8-13,19H,2-7H2,1H3/t19-,23+/m0/s1. The molecule has 3 aliphatic heterocycles. The number of thiazole rings is 1. The first-order valence-corrected chi connectivity index (χ1v) is 12.1. The monoisotopic (exact) mass is 484 g/mol. The van der Waals surface area contributed by atoms with Crippen LogP contribution in [-0.4, -0.2) is 56.0 Å². The van der Waals surface area contributed by atoms with Crippen molar-refractivity contribution >= 4 is 33.5 Å². The number of fused-ring (bicyclic) bond motifs is 2. The number of aromatic nitrogens is 2. The molecule has 3 aromatic rings. The van der Waals surface area contributed by atoms with Crippen LogP contribution in [0, 0.1) is 11.6 Å². The molecule has 3 saturated heterocycles. The summed E-state index contributed by atoms with van der Waals surface area (Å²) in [6, 6.07) is 4.69. The van der Waals surface area contributed by atoms with Gasteiger partial charge in [-0.25, -0.2) is 18.7 Å². The molecule has 1 spiro atoms. The van der Waals surface area contributed by atoms with Gasteiger partial charge in [-0.1, -0.05) is 0 Å². The third kappa shape index (κ3) is 3.23. The third-order valence-electron chi connectivity index (χ3n) is 7.29. The molecule has 3 aliphatic rings. The molecule has 5 heterocycles. The van der Waals surface area contributed by atoms with Gasteiger partial charge in [0.05, 0.1) is 17.1 Å². The molecule has 0 saturated carbocycles. The van der Waals surface area contributed by atoms with E-state index in [1.54, 1.807) is 27.6 Å². The number of amides is 2. The van der Waals surface area contributed by atoms with Crippen LogP contribution in [-0.2, 0) is 9.53 Å². The number of piperidine rings is 1. The second-order valence-corrected chi connectivity index (χ2v) is 10.2. The van der Waals surface area contributed by atoms with Crippen LogP contribution in [0.2, 0.25) is 0 Å². The molecule has 6 rings (SSSR count). The van der Waals surface area contributed by atoms with Crippen LogP contribution >= 0.6 is 11.3 Å². The highest BCUT2D eigenvalue weighted by molar-refractivity contribution is 7.16. The SMILES string of the molecule is C[C@@]12CC[C@@H](c3cc(F)cc(F)c3)N1C(=O)C1(CCN(C(=O)c3cnc4scnc4c3)CC1)O2. The van der Waals surface area contributed by atoms with Gasteiger partial charge in [-0.05, 0) is 43.5 Å². The molecule has 3 fully saturated rings. The number of rotatable bonds is 2. The van der Waals surface area contributed by atoms with Crippen LogP contribution in [0.5, 0.6) is 0 Å². The van der Waals surface area contributed by atoms with E-state index >= 15 is 0 Å². The molecule has 2 aromatic heterocycles. The van der Waals surface area contributed by atoms with E-state index in [0.717, 1.165) is 10.9 Å². The summed E-state index contributed by atoms with van der Waals surface area (Å²) < 4.78 is 34.2. The summed E-state index contributed by atoms with van der Waals surface area (Å²) in [6.07, 6.45) is 3.42. The maximum absolute atomic E-state index is 13.9. The van der Waals surface area contributed by atoms with Gasteiger partial charge in [0.15, 0.2) is 5.60 Å². The van der Waals surface area contributed by atoms with E-state index in [4.69, 9.17) is 4.74 Å². The van der Waals surface area contributed by atoms with Crippen LogP contribution in [0.1, 0.15) is 54.6 Å². The summed E-state index contributed by atoms with van der Waals surface area (Å²) in [7, 11) is 0. The van der Waals surface area contributed by atoms with Gasteiger partial charge in [0, 0.05) is 38.2 Å². The smallest absolute Gasteiger partial charge is 0.257 e. The molecule has 1 aromatic carbocycles. The zero-order valence-corrected chi connectivity index (χ0v) is 19.3. The highest BCUT2D eigenvalue weighted by Gasteiger charge is 2.63. The van der Waals surface area contributed by atoms with Crippen molar-refractivity contribution in [1.29, 1.82) is 0 Å². The molecule has 7 nitrogen and oxygen atoms in total. The Labute approximate surface area is 198 Å². The van der Waals surface area contributed by atoms with Gasteiger partial charge in [0.1, 0.15) is 27.7 Å². The van der Waals surface area contributed by atoms with Crippen molar-refractivity contribution in [3.8, 4) is 0 Å². The zero-order chi connectivity index (χ0) is 23.7. The van der Waals surface area contributed by atoms with Crippen LogP contribution in [0.25, 0.3) is 10.3 Å². The Hall–Kier alpha value is -2.98. The normalized spacial score (nSPS) is 26.0. The summed E-state index contributed by atoms with van der Waals surface area (Å²) in [5, 5.41) is 0. The van der Waals surface area contributed by atoms with Crippen molar-refractivity contribution < 1.29 is 23.1 Å². The lowest BCUT2D eigenvalue weighted by atomic mass is 9.89. The van der Waals surface area contributed by atoms with Crippen molar-refractivity contribution in [3.05, 3.63) is 58.7 Å². The summed E-state index contributed by atoms with van der Waals surface area (Å²) in [4.78, 5) is 39.4. The van der Waals surface area contributed by atoms with Crippen molar-refractivity contribution in [2.24, 2.45) is 0 Å². The Morgan fingerprint density at radius 3 is 2.59 bits per heavy atom. The van der Waals surface area contributed by atoms with Gasteiger partial charge in [0.2, 0.25) is 0 Å². The molecular formula is C24H22F2N4O3S. The third-order valence-corrected chi connectivity index (χ3v) is 8.04. The summed E-state index contributed by atoms with van der Waals surface area (Å²) in [5.41, 5.74) is 1.41. The number of ether oxygens (including phenoxy) is 1. The maximum atomic E-state index is 13.9. The highest BCUT2D eigenvalue weighted by atomic mass is 32.1. The first-order valence-electron chi connectivity index (χ1n) is 11.3. The fraction of sp³-hybridized carbons (Fsp3) is 0.417. The summed E-state index contributed by atoms with van der Waals surface area (Å²) in [5.74, 6) is -1.64. The fourth-order valence-corrected chi connectivity index (χ4v) is 6.26. The Bertz CT molecular complexity index is 1300. The maximum Gasteiger partial charge on any atom is 0.257 e. The number of hydrogen-bond donors (Lipinski definition) is 0. The minimum absolute atomic E-state index is 0.150. The number of benzene rings is 1. The van der Waals surface area contributed by atoms with E-state index in [-0.39, 0.29) is 11.8 Å². The van der Waals surface area contributed by atoms with Crippen LogP contribution in [0.15, 0.2) is 36.0 Å². The van der Waals surface area contributed by atoms with E-state index in [0.29, 0.717) is 55.4 Å². The van der Waals surface area contributed by atoms with E-state index in [2.05, 4.69) is 9.97 Å². The second kappa shape index (κ2) is 7.51. The number of carbonyl (C=O) groups excluding carboxylic acids is 2. The van der Waals surface area contributed by atoms with Gasteiger partial charge >= 0.3 is 0 Å². The predicted octanol–water partition coefficient (Wildman–Crippen LogP) is 4.05. The molecule has 0 radical (unpaired) electrons. The first-order chi connectivity index (χ1) is 16.3. The molecule has 10 heteroatoms. The molecule has 34 heavy (non-hydrogen) atoms.